The second-order valence-corrected chi connectivity index (χ2v) is 11.0. The molecule has 0 unspecified atom stereocenters. The van der Waals surface area contributed by atoms with Crippen molar-refractivity contribution in [2.45, 2.75) is 55.0 Å². The van der Waals surface area contributed by atoms with Crippen molar-refractivity contribution in [3.05, 3.63) is 48.0 Å². The minimum absolute atomic E-state index is 0.0113. The van der Waals surface area contributed by atoms with Crippen LogP contribution < -0.4 is 10.2 Å². The molecule has 2 atom stereocenters. The smallest absolute Gasteiger partial charge is 0.243 e. The summed E-state index contributed by atoms with van der Waals surface area (Å²) in [5.74, 6) is -0.379. The first-order valence-electron chi connectivity index (χ1n) is 10.6. The van der Waals surface area contributed by atoms with Gasteiger partial charge in [0.1, 0.15) is 6.04 Å². The van der Waals surface area contributed by atoms with Crippen molar-refractivity contribution in [2.24, 2.45) is 0 Å². The number of sulfonamides is 1. The number of hydrogen-bond donors (Lipinski definition) is 1. The van der Waals surface area contributed by atoms with Crippen molar-refractivity contribution in [1.82, 2.24) is 4.31 Å². The van der Waals surface area contributed by atoms with Crippen LogP contribution in [0.5, 0.6) is 0 Å². The SMILES string of the molecule is CSc1cccc(NC(=O)[C@@H]2CCCN2S(=O)(=O)c2ccc3c(c2)C[C@H](C)N3C(C)=O)c1. The van der Waals surface area contributed by atoms with Crippen molar-refractivity contribution < 1.29 is 18.0 Å². The average molecular weight is 474 g/mol. The maximum atomic E-state index is 13.5. The minimum Gasteiger partial charge on any atom is -0.325 e. The summed E-state index contributed by atoms with van der Waals surface area (Å²) < 4.78 is 28.2. The Morgan fingerprint density at radius 1 is 1.16 bits per heavy atom. The largest absolute Gasteiger partial charge is 0.325 e. The van der Waals surface area contributed by atoms with E-state index in [0.29, 0.717) is 31.5 Å². The molecule has 2 heterocycles. The van der Waals surface area contributed by atoms with Crippen molar-refractivity contribution >= 4 is 45.0 Å². The van der Waals surface area contributed by atoms with Gasteiger partial charge in [-0.2, -0.15) is 4.31 Å². The topological polar surface area (TPSA) is 86.8 Å². The highest BCUT2D eigenvalue weighted by atomic mass is 32.2. The molecule has 9 heteroatoms. The summed E-state index contributed by atoms with van der Waals surface area (Å²) in [6.45, 7) is 3.76. The molecule has 2 aliphatic rings. The van der Waals surface area contributed by atoms with Crippen LogP contribution in [0.3, 0.4) is 0 Å². The molecule has 0 spiro atoms. The van der Waals surface area contributed by atoms with Gasteiger partial charge in [-0.1, -0.05) is 6.07 Å². The van der Waals surface area contributed by atoms with Gasteiger partial charge in [-0.3, -0.25) is 9.59 Å². The van der Waals surface area contributed by atoms with E-state index in [0.717, 1.165) is 16.1 Å². The Balaban J connectivity index is 1.57. The quantitative estimate of drug-likeness (QED) is 0.672. The van der Waals surface area contributed by atoms with E-state index < -0.39 is 16.1 Å². The lowest BCUT2D eigenvalue weighted by Crippen LogP contribution is -2.43. The molecule has 2 aromatic rings. The highest BCUT2D eigenvalue weighted by Crippen LogP contribution is 2.36. The number of nitrogens with one attached hydrogen (secondary N) is 1. The number of rotatable bonds is 5. The van der Waals surface area contributed by atoms with Gasteiger partial charge < -0.3 is 10.2 Å². The first-order valence-corrected chi connectivity index (χ1v) is 13.3. The molecular formula is C23H27N3O4S2. The van der Waals surface area contributed by atoms with Gasteiger partial charge in [-0.05, 0) is 74.4 Å². The van der Waals surface area contributed by atoms with Gasteiger partial charge in [0, 0.05) is 35.8 Å². The lowest BCUT2D eigenvalue weighted by Gasteiger charge is -2.24. The highest BCUT2D eigenvalue weighted by molar-refractivity contribution is 7.98. The summed E-state index contributed by atoms with van der Waals surface area (Å²) in [6, 6.07) is 11.6. The lowest BCUT2D eigenvalue weighted by atomic mass is 10.1. The predicted octanol–water partition coefficient (Wildman–Crippen LogP) is 3.50. The van der Waals surface area contributed by atoms with Crippen LogP contribution in [0.25, 0.3) is 0 Å². The van der Waals surface area contributed by atoms with Gasteiger partial charge >= 0.3 is 0 Å². The molecule has 0 bridgehead atoms. The molecule has 7 nitrogen and oxygen atoms in total. The Kier molecular flexibility index (Phi) is 6.33. The molecule has 1 fully saturated rings. The van der Waals surface area contributed by atoms with E-state index in [1.165, 1.54) is 17.3 Å². The molecule has 4 rings (SSSR count). The molecule has 1 N–H and O–H groups in total. The van der Waals surface area contributed by atoms with Crippen molar-refractivity contribution in [3.8, 4) is 0 Å². The van der Waals surface area contributed by atoms with E-state index in [9.17, 15) is 18.0 Å². The zero-order valence-corrected chi connectivity index (χ0v) is 20.0. The normalized spacial score (nSPS) is 20.9. The summed E-state index contributed by atoms with van der Waals surface area (Å²) in [4.78, 5) is 27.8. The third kappa shape index (κ3) is 4.16. The van der Waals surface area contributed by atoms with Gasteiger partial charge in [0.15, 0.2) is 0 Å². The summed E-state index contributed by atoms with van der Waals surface area (Å²) in [5.41, 5.74) is 2.25. The molecule has 0 aromatic heterocycles. The molecule has 0 radical (unpaired) electrons. The van der Waals surface area contributed by atoms with Crippen LogP contribution in [0.15, 0.2) is 52.3 Å². The highest BCUT2D eigenvalue weighted by Gasteiger charge is 2.40. The Morgan fingerprint density at radius 2 is 1.94 bits per heavy atom. The lowest BCUT2D eigenvalue weighted by molar-refractivity contribution is -0.119. The fourth-order valence-electron chi connectivity index (χ4n) is 4.60. The number of carbonyl (C=O) groups is 2. The van der Waals surface area contributed by atoms with Crippen LogP contribution >= 0.6 is 11.8 Å². The summed E-state index contributed by atoms with van der Waals surface area (Å²) in [6.07, 6.45) is 3.67. The first-order chi connectivity index (χ1) is 15.2. The standard InChI is InChI=1S/C23H27N3O4S2/c1-15-12-17-13-20(9-10-21(17)26(15)16(2)27)32(29,30)25-11-5-8-22(25)23(28)24-18-6-4-7-19(14-18)31-3/h4,6-7,9-10,13-15,22H,5,8,11-12H2,1-3H3,(H,24,28)/t15-,22-/m0/s1. The molecule has 1 saturated heterocycles. The Labute approximate surface area is 193 Å². The fourth-order valence-corrected chi connectivity index (χ4v) is 6.77. The van der Waals surface area contributed by atoms with E-state index in [1.807, 2.05) is 31.4 Å². The van der Waals surface area contributed by atoms with Gasteiger partial charge in [0.25, 0.3) is 0 Å². The van der Waals surface area contributed by atoms with E-state index in [-0.39, 0.29) is 22.8 Å². The van der Waals surface area contributed by atoms with Crippen molar-refractivity contribution in [2.75, 3.05) is 23.0 Å². The van der Waals surface area contributed by atoms with Crippen molar-refractivity contribution in [3.63, 3.8) is 0 Å². The zero-order valence-electron chi connectivity index (χ0n) is 18.4. The maximum absolute atomic E-state index is 13.5. The monoisotopic (exact) mass is 473 g/mol. The number of fused-ring (bicyclic) bond motifs is 1. The number of nitrogens with zero attached hydrogens (tertiary/aromatic N) is 2. The predicted molar refractivity (Wildman–Crippen MR) is 127 cm³/mol. The maximum Gasteiger partial charge on any atom is 0.243 e. The molecule has 2 aliphatic heterocycles. The number of anilines is 2. The molecule has 2 aromatic carbocycles. The third-order valence-electron chi connectivity index (χ3n) is 6.06. The Bertz CT molecular complexity index is 1170. The van der Waals surface area contributed by atoms with Gasteiger partial charge in [-0.25, -0.2) is 8.42 Å². The van der Waals surface area contributed by atoms with Gasteiger partial charge in [0.05, 0.1) is 4.90 Å². The molecular weight excluding hydrogens is 446 g/mol. The summed E-state index contributed by atoms with van der Waals surface area (Å²) in [5, 5.41) is 2.88. The van der Waals surface area contributed by atoms with E-state index >= 15 is 0 Å². The van der Waals surface area contributed by atoms with Gasteiger partial charge in [-0.15, -0.1) is 11.8 Å². The number of benzene rings is 2. The number of thioether (sulfide) groups is 1. The fraction of sp³-hybridized carbons (Fsp3) is 0.391. The van der Waals surface area contributed by atoms with Crippen LogP contribution in [-0.2, 0) is 26.0 Å². The molecule has 2 amide bonds. The number of hydrogen-bond acceptors (Lipinski definition) is 5. The third-order valence-corrected chi connectivity index (χ3v) is 8.69. The Morgan fingerprint density at radius 3 is 2.66 bits per heavy atom. The van der Waals surface area contributed by atoms with Crippen molar-refractivity contribution in [1.29, 1.82) is 0 Å². The first kappa shape index (κ1) is 22.8. The zero-order chi connectivity index (χ0) is 23.0. The van der Waals surface area contributed by atoms with Gasteiger partial charge in [0.2, 0.25) is 21.8 Å². The molecule has 0 aliphatic carbocycles. The average Bonchev–Trinajstić information content (AvgIpc) is 3.37. The van der Waals surface area contributed by atoms with E-state index in [1.54, 1.807) is 34.9 Å². The second-order valence-electron chi connectivity index (χ2n) is 8.23. The van der Waals surface area contributed by atoms with Crippen LogP contribution in [0.4, 0.5) is 11.4 Å². The summed E-state index contributed by atoms with van der Waals surface area (Å²) >= 11 is 1.57. The Hall–Kier alpha value is -2.36. The number of amides is 2. The summed E-state index contributed by atoms with van der Waals surface area (Å²) in [7, 11) is -3.85. The number of carbonyl (C=O) groups excluding carboxylic acids is 2. The van der Waals surface area contributed by atoms with Crippen LogP contribution in [-0.4, -0.2) is 49.4 Å². The van der Waals surface area contributed by atoms with E-state index in [2.05, 4.69) is 5.32 Å². The van der Waals surface area contributed by atoms with Crippen LogP contribution in [0, 0.1) is 0 Å². The second kappa shape index (κ2) is 8.88. The molecule has 32 heavy (non-hydrogen) atoms. The van der Waals surface area contributed by atoms with E-state index in [4.69, 9.17) is 0 Å². The molecule has 0 saturated carbocycles. The minimum atomic E-state index is -3.85. The van der Waals surface area contributed by atoms with Crippen LogP contribution in [0.1, 0.15) is 32.3 Å². The molecule has 170 valence electrons. The van der Waals surface area contributed by atoms with Crippen LogP contribution in [0.2, 0.25) is 0 Å².